The van der Waals surface area contributed by atoms with Crippen LogP contribution in [0.2, 0.25) is 0 Å². The standard InChI is InChI=1S/C12H28N.B/c1-9(2)13(10(3)4,11(5)6)12(7)8;/h9-12H,1-8H3;/q+1;-1. The lowest BCUT2D eigenvalue weighted by Crippen LogP contribution is -2.65. The summed E-state index contributed by atoms with van der Waals surface area (Å²) in [6, 6.07) is 2.83. The molecule has 0 aromatic carbocycles. The minimum atomic E-state index is 0. The summed E-state index contributed by atoms with van der Waals surface area (Å²) in [6.45, 7) is 18.8. The Kier molecular flexibility index (Phi) is 6.81. The zero-order valence-electron chi connectivity index (χ0n) is 11.3. The van der Waals surface area contributed by atoms with Crippen LogP contribution < -0.4 is 0 Å². The van der Waals surface area contributed by atoms with Crippen molar-refractivity contribution in [2.24, 2.45) is 0 Å². The van der Waals surface area contributed by atoms with Crippen LogP contribution in [0.25, 0.3) is 0 Å². The summed E-state index contributed by atoms with van der Waals surface area (Å²) in [7, 11) is 0. The van der Waals surface area contributed by atoms with E-state index in [1.807, 2.05) is 0 Å². The maximum Gasteiger partial charge on any atom is 0.0839 e. The van der Waals surface area contributed by atoms with Crippen molar-refractivity contribution in [3.8, 4) is 0 Å². The van der Waals surface area contributed by atoms with Gasteiger partial charge in [0.05, 0.1) is 24.2 Å². The second-order valence-corrected chi connectivity index (χ2v) is 5.27. The average molecular weight is 197 g/mol. The van der Waals surface area contributed by atoms with Gasteiger partial charge < -0.3 is 12.9 Å². The van der Waals surface area contributed by atoms with Crippen LogP contribution in [0.4, 0.5) is 0 Å². The Hall–Kier alpha value is 0.0249. The highest BCUT2D eigenvalue weighted by Crippen LogP contribution is 2.28. The first-order chi connectivity index (χ1) is 5.77. The molecule has 0 fully saturated rings. The molecule has 0 aliphatic heterocycles. The molecule has 0 saturated carbocycles. The average Bonchev–Trinajstić information content (AvgIpc) is 1.82. The van der Waals surface area contributed by atoms with Crippen LogP contribution in [-0.4, -0.2) is 37.1 Å². The summed E-state index contributed by atoms with van der Waals surface area (Å²) in [5.74, 6) is 0. The molecule has 0 aromatic heterocycles. The molecule has 0 saturated heterocycles. The molecule has 0 spiro atoms. The summed E-state index contributed by atoms with van der Waals surface area (Å²) in [4.78, 5) is 0. The first kappa shape index (κ1) is 16.5. The van der Waals surface area contributed by atoms with E-state index in [1.54, 1.807) is 0 Å². The highest BCUT2D eigenvalue weighted by atomic mass is 15.4. The molecule has 0 amide bonds. The molecule has 0 aliphatic carbocycles. The molecule has 0 N–H and O–H groups in total. The topological polar surface area (TPSA) is 0 Å². The maximum absolute atomic E-state index is 2.35. The highest BCUT2D eigenvalue weighted by Gasteiger charge is 2.40. The van der Waals surface area contributed by atoms with Gasteiger partial charge in [-0.05, 0) is 55.4 Å². The Morgan fingerprint density at radius 1 is 0.500 bits per heavy atom. The molecule has 84 valence electrons. The van der Waals surface area contributed by atoms with Gasteiger partial charge in [0.2, 0.25) is 0 Å². The van der Waals surface area contributed by atoms with Crippen molar-refractivity contribution in [2.75, 3.05) is 0 Å². The first-order valence-electron chi connectivity index (χ1n) is 5.65. The van der Waals surface area contributed by atoms with Gasteiger partial charge in [-0.1, -0.05) is 0 Å². The van der Waals surface area contributed by atoms with Gasteiger partial charge in [-0.3, -0.25) is 0 Å². The van der Waals surface area contributed by atoms with Gasteiger partial charge in [-0.25, -0.2) is 0 Å². The van der Waals surface area contributed by atoms with Crippen LogP contribution in [0.15, 0.2) is 0 Å². The van der Waals surface area contributed by atoms with Crippen LogP contribution in [0.1, 0.15) is 55.4 Å². The lowest BCUT2D eigenvalue weighted by atomic mass is 10.0. The van der Waals surface area contributed by atoms with Crippen molar-refractivity contribution < 1.29 is 4.48 Å². The molecular formula is C12H28BN. The Morgan fingerprint density at radius 2 is 0.643 bits per heavy atom. The molecule has 0 atom stereocenters. The van der Waals surface area contributed by atoms with Crippen LogP contribution in [-0.2, 0) is 0 Å². The number of hydrogen-bond donors (Lipinski definition) is 0. The van der Waals surface area contributed by atoms with Crippen molar-refractivity contribution in [3.63, 3.8) is 0 Å². The summed E-state index contributed by atoms with van der Waals surface area (Å²) in [5.41, 5.74) is 0. The van der Waals surface area contributed by atoms with E-state index in [9.17, 15) is 0 Å². The molecule has 0 aliphatic rings. The van der Waals surface area contributed by atoms with E-state index in [-0.39, 0.29) is 8.41 Å². The molecule has 0 bridgehead atoms. The monoisotopic (exact) mass is 197 g/mol. The van der Waals surface area contributed by atoms with E-state index >= 15 is 0 Å². The van der Waals surface area contributed by atoms with Gasteiger partial charge >= 0.3 is 0 Å². The lowest BCUT2D eigenvalue weighted by Gasteiger charge is -2.52. The van der Waals surface area contributed by atoms with Crippen molar-refractivity contribution in [2.45, 2.75) is 79.6 Å². The molecule has 0 heterocycles. The second kappa shape index (κ2) is 5.80. The quantitative estimate of drug-likeness (QED) is 0.480. The number of hydrogen-bond acceptors (Lipinski definition) is 0. The Morgan fingerprint density at radius 3 is 0.643 bits per heavy atom. The Bertz CT molecular complexity index is 113. The Labute approximate surface area is 93.0 Å². The number of rotatable bonds is 4. The van der Waals surface area contributed by atoms with E-state index in [1.165, 1.54) is 4.48 Å². The van der Waals surface area contributed by atoms with Crippen molar-refractivity contribution in [3.05, 3.63) is 0 Å². The van der Waals surface area contributed by atoms with E-state index in [4.69, 9.17) is 0 Å². The summed E-state index contributed by atoms with van der Waals surface area (Å²) >= 11 is 0. The fourth-order valence-corrected chi connectivity index (χ4v) is 3.58. The SMILES string of the molecule is CC(C)[N+](C(C)C)(C(C)C)C(C)C.[B-]. The van der Waals surface area contributed by atoms with E-state index in [0.29, 0.717) is 24.2 Å². The highest BCUT2D eigenvalue weighted by molar-refractivity contribution is 5.75. The lowest BCUT2D eigenvalue weighted by molar-refractivity contribution is -1.00. The molecule has 2 heteroatoms. The summed E-state index contributed by atoms with van der Waals surface area (Å²) in [5, 5.41) is 0. The molecule has 1 nitrogen and oxygen atoms in total. The minimum Gasteiger partial charge on any atom is -1.00 e. The zero-order valence-corrected chi connectivity index (χ0v) is 11.3. The van der Waals surface area contributed by atoms with Gasteiger partial charge in [-0.15, -0.1) is 0 Å². The van der Waals surface area contributed by atoms with Gasteiger partial charge in [0, 0.05) is 0 Å². The predicted molar refractivity (Wildman–Crippen MR) is 66.6 cm³/mol. The third-order valence-electron chi connectivity index (χ3n) is 3.58. The largest absolute Gasteiger partial charge is 1.00 e. The van der Waals surface area contributed by atoms with Crippen LogP contribution in [0, 0.1) is 0 Å². The predicted octanol–water partition coefficient (Wildman–Crippen LogP) is 3.06. The Balaban J connectivity index is 0. The fraction of sp³-hybridized carbons (Fsp3) is 1.00. The molecule has 14 heavy (non-hydrogen) atoms. The molecule has 0 aromatic rings. The van der Waals surface area contributed by atoms with Crippen molar-refractivity contribution in [1.82, 2.24) is 0 Å². The first-order valence-corrected chi connectivity index (χ1v) is 5.65. The van der Waals surface area contributed by atoms with Crippen LogP contribution >= 0.6 is 0 Å². The van der Waals surface area contributed by atoms with Crippen molar-refractivity contribution >= 4 is 8.41 Å². The van der Waals surface area contributed by atoms with Gasteiger partial charge in [0.25, 0.3) is 0 Å². The second-order valence-electron chi connectivity index (χ2n) is 5.27. The number of nitrogens with zero attached hydrogens (tertiary/aromatic N) is 1. The third-order valence-corrected chi connectivity index (χ3v) is 3.58. The molecule has 4 radical (unpaired) electrons. The number of quaternary nitrogens is 1. The van der Waals surface area contributed by atoms with Crippen LogP contribution in [0.3, 0.4) is 0 Å². The smallest absolute Gasteiger partial charge is 0.0839 e. The minimum absolute atomic E-state index is 0. The van der Waals surface area contributed by atoms with Gasteiger partial charge in [-0.2, -0.15) is 0 Å². The van der Waals surface area contributed by atoms with Crippen molar-refractivity contribution in [1.29, 1.82) is 0 Å². The molecular weight excluding hydrogens is 169 g/mol. The maximum atomic E-state index is 2.35. The summed E-state index contributed by atoms with van der Waals surface area (Å²) in [6.07, 6.45) is 0. The zero-order chi connectivity index (χ0) is 10.8. The van der Waals surface area contributed by atoms with E-state index in [2.05, 4.69) is 55.4 Å². The van der Waals surface area contributed by atoms with Gasteiger partial charge in [0.1, 0.15) is 0 Å². The fourth-order valence-electron chi connectivity index (χ4n) is 3.58. The molecule has 0 rings (SSSR count). The van der Waals surface area contributed by atoms with E-state index in [0.717, 1.165) is 0 Å². The normalized spacial score (nSPS) is 12.9. The van der Waals surface area contributed by atoms with Crippen LogP contribution in [0.5, 0.6) is 0 Å². The van der Waals surface area contributed by atoms with E-state index < -0.39 is 0 Å². The third kappa shape index (κ3) is 2.53. The summed E-state index contributed by atoms with van der Waals surface area (Å²) < 4.78 is 1.22. The molecule has 0 unspecified atom stereocenters. The van der Waals surface area contributed by atoms with Gasteiger partial charge in [0.15, 0.2) is 0 Å².